The van der Waals surface area contributed by atoms with Crippen LogP contribution in [0.5, 0.6) is 0 Å². The molecule has 17 heavy (non-hydrogen) atoms. The molecule has 5 heteroatoms. The highest BCUT2D eigenvalue weighted by Gasteiger charge is 2.12. The predicted octanol–water partition coefficient (Wildman–Crippen LogP) is 3.96. The summed E-state index contributed by atoms with van der Waals surface area (Å²) in [4.78, 5) is 10.4. The second kappa shape index (κ2) is 5.60. The van der Waals surface area contributed by atoms with Gasteiger partial charge in [0, 0.05) is 11.9 Å². The number of anilines is 1. The fourth-order valence-electron chi connectivity index (χ4n) is 1.62. The zero-order valence-corrected chi connectivity index (χ0v) is 12.0. The standard InChI is InChI=1S/C12H17N3S2/c1-4-6-10-14-8(3)11(17-10)9-7-16-12(15-9)13-5-2/h7H,4-6H2,1-3H3,(H,13,15). The van der Waals surface area contributed by atoms with E-state index in [0.717, 1.165) is 35.9 Å². The number of thiazole rings is 2. The van der Waals surface area contributed by atoms with Gasteiger partial charge in [-0.25, -0.2) is 9.97 Å². The van der Waals surface area contributed by atoms with Gasteiger partial charge in [0.25, 0.3) is 0 Å². The summed E-state index contributed by atoms with van der Waals surface area (Å²) < 4.78 is 0. The van der Waals surface area contributed by atoms with Crippen molar-refractivity contribution in [2.75, 3.05) is 11.9 Å². The van der Waals surface area contributed by atoms with Crippen LogP contribution in [-0.4, -0.2) is 16.5 Å². The van der Waals surface area contributed by atoms with Gasteiger partial charge in [0.2, 0.25) is 0 Å². The second-order valence-corrected chi connectivity index (χ2v) is 5.78. The normalized spacial score (nSPS) is 10.8. The third-order valence-electron chi connectivity index (χ3n) is 2.37. The molecule has 0 aromatic carbocycles. The number of hydrogen-bond donors (Lipinski definition) is 1. The molecule has 0 aliphatic heterocycles. The third-order valence-corrected chi connectivity index (χ3v) is 4.41. The zero-order valence-electron chi connectivity index (χ0n) is 10.4. The molecule has 92 valence electrons. The van der Waals surface area contributed by atoms with Crippen molar-refractivity contribution in [3.63, 3.8) is 0 Å². The van der Waals surface area contributed by atoms with Gasteiger partial charge in [-0.05, 0) is 26.7 Å². The van der Waals surface area contributed by atoms with Gasteiger partial charge in [0.1, 0.15) is 0 Å². The van der Waals surface area contributed by atoms with Crippen molar-refractivity contribution in [2.24, 2.45) is 0 Å². The molecule has 0 atom stereocenters. The van der Waals surface area contributed by atoms with E-state index in [0.29, 0.717) is 0 Å². The molecule has 2 rings (SSSR count). The molecule has 0 amide bonds. The summed E-state index contributed by atoms with van der Waals surface area (Å²) in [5.41, 5.74) is 2.16. The van der Waals surface area contributed by atoms with Crippen molar-refractivity contribution in [3.8, 4) is 10.6 Å². The molecular weight excluding hydrogens is 250 g/mol. The molecule has 0 radical (unpaired) electrons. The molecule has 0 saturated carbocycles. The Balaban J connectivity index is 2.25. The van der Waals surface area contributed by atoms with Crippen molar-refractivity contribution in [1.29, 1.82) is 0 Å². The molecule has 0 fully saturated rings. The lowest BCUT2D eigenvalue weighted by molar-refractivity contribution is 0.903. The maximum atomic E-state index is 4.59. The van der Waals surface area contributed by atoms with Crippen molar-refractivity contribution >= 4 is 27.8 Å². The minimum atomic E-state index is 0.912. The number of hydrogen-bond acceptors (Lipinski definition) is 5. The first kappa shape index (κ1) is 12.5. The monoisotopic (exact) mass is 267 g/mol. The second-order valence-electron chi connectivity index (χ2n) is 3.84. The quantitative estimate of drug-likeness (QED) is 0.891. The molecule has 0 aliphatic carbocycles. The van der Waals surface area contributed by atoms with Crippen LogP contribution < -0.4 is 5.32 Å². The van der Waals surface area contributed by atoms with Crippen LogP contribution in [0.4, 0.5) is 5.13 Å². The first-order chi connectivity index (χ1) is 8.24. The molecule has 2 aromatic rings. The molecule has 3 nitrogen and oxygen atoms in total. The van der Waals surface area contributed by atoms with Crippen molar-refractivity contribution in [1.82, 2.24) is 9.97 Å². The maximum absolute atomic E-state index is 4.59. The van der Waals surface area contributed by atoms with E-state index in [4.69, 9.17) is 0 Å². The Kier molecular flexibility index (Phi) is 4.12. The molecule has 0 unspecified atom stereocenters. The average molecular weight is 267 g/mol. The Labute approximate surface area is 110 Å². The largest absolute Gasteiger partial charge is 0.362 e. The minimum absolute atomic E-state index is 0.912. The highest BCUT2D eigenvalue weighted by atomic mass is 32.1. The van der Waals surface area contributed by atoms with E-state index >= 15 is 0 Å². The Morgan fingerprint density at radius 1 is 1.29 bits per heavy atom. The first-order valence-corrected chi connectivity index (χ1v) is 7.60. The summed E-state index contributed by atoms with van der Waals surface area (Å²) in [6.07, 6.45) is 2.21. The van der Waals surface area contributed by atoms with Crippen LogP contribution in [0, 0.1) is 6.92 Å². The van der Waals surface area contributed by atoms with Crippen LogP contribution in [0.2, 0.25) is 0 Å². The van der Waals surface area contributed by atoms with Gasteiger partial charge < -0.3 is 5.32 Å². The molecule has 0 saturated heterocycles. The molecule has 2 heterocycles. The molecule has 0 bridgehead atoms. The van der Waals surface area contributed by atoms with E-state index in [2.05, 4.69) is 41.4 Å². The van der Waals surface area contributed by atoms with Crippen LogP contribution in [-0.2, 0) is 6.42 Å². The highest BCUT2D eigenvalue weighted by Crippen LogP contribution is 2.32. The van der Waals surface area contributed by atoms with Gasteiger partial charge in [0.05, 0.1) is 21.3 Å². The van der Waals surface area contributed by atoms with E-state index < -0.39 is 0 Å². The topological polar surface area (TPSA) is 37.8 Å². The number of nitrogens with one attached hydrogen (secondary N) is 1. The van der Waals surface area contributed by atoms with Gasteiger partial charge in [-0.2, -0.15) is 0 Å². The van der Waals surface area contributed by atoms with Crippen LogP contribution in [0.3, 0.4) is 0 Å². The van der Waals surface area contributed by atoms with Crippen LogP contribution >= 0.6 is 22.7 Å². The summed E-state index contributed by atoms with van der Waals surface area (Å²) in [6.45, 7) is 7.24. The van der Waals surface area contributed by atoms with E-state index in [9.17, 15) is 0 Å². The fraction of sp³-hybridized carbons (Fsp3) is 0.500. The smallest absolute Gasteiger partial charge is 0.183 e. The number of nitrogens with zero attached hydrogens (tertiary/aromatic N) is 2. The molecule has 2 aromatic heterocycles. The van der Waals surface area contributed by atoms with E-state index in [1.54, 1.807) is 22.7 Å². The van der Waals surface area contributed by atoms with Gasteiger partial charge in [-0.15, -0.1) is 22.7 Å². The Bertz CT molecular complexity index is 488. The number of aryl methyl sites for hydroxylation is 2. The lowest BCUT2D eigenvalue weighted by atomic mass is 10.3. The SMILES string of the molecule is CCCc1nc(C)c(-c2csc(NCC)n2)s1. The van der Waals surface area contributed by atoms with E-state index in [-0.39, 0.29) is 0 Å². The average Bonchev–Trinajstić information content (AvgIpc) is 2.87. The number of rotatable bonds is 5. The molecular formula is C12H17N3S2. The van der Waals surface area contributed by atoms with Gasteiger partial charge >= 0.3 is 0 Å². The summed E-state index contributed by atoms with van der Waals surface area (Å²) in [5.74, 6) is 0. The van der Waals surface area contributed by atoms with Crippen molar-refractivity contribution < 1.29 is 0 Å². The third kappa shape index (κ3) is 2.84. The fourth-order valence-corrected chi connectivity index (χ4v) is 3.60. The van der Waals surface area contributed by atoms with Crippen LogP contribution in [0.15, 0.2) is 5.38 Å². The van der Waals surface area contributed by atoms with Crippen molar-refractivity contribution in [2.45, 2.75) is 33.6 Å². The summed E-state index contributed by atoms with van der Waals surface area (Å²) >= 11 is 3.43. The Morgan fingerprint density at radius 2 is 2.12 bits per heavy atom. The lowest BCUT2D eigenvalue weighted by Crippen LogP contribution is -1.94. The minimum Gasteiger partial charge on any atom is -0.362 e. The lowest BCUT2D eigenvalue weighted by Gasteiger charge is -1.94. The van der Waals surface area contributed by atoms with E-state index in [1.807, 2.05) is 0 Å². The van der Waals surface area contributed by atoms with Gasteiger partial charge in [-0.1, -0.05) is 6.92 Å². The van der Waals surface area contributed by atoms with Crippen molar-refractivity contribution in [3.05, 3.63) is 16.1 Å². The maximum Gasteiger partial charge on any atom is 0.183 e. The van der Waals surface area contributed by atoms with Crippen LogP contribution in [0.25, 0.3) is 10.6 Å². The summed E-state index contributed by atoms with van der Waals surface area (Å²) in [6, 6.07) is 0. The molecule has 1 N–H and O–H groups in total. The predicted molar refractivity (Wildman–Crippen MR) is 76.1 cm³/mol. The number of aromatic nitrogens is 2. The summed E-state index contributed by atoms with van der Waals surface area (Å²) in [5, 5.41) is 7.56. The Morgan fingerprint density at radius 3 is 2.82 bits per heavy atom. The van der Waals surface area contributed by atoms with Gasteiger partial charge in [0.15, 0.2) is 5.13 Å². The molecule has 0 spiro atoms. The summed E-state index contributed by atoms with van der Waals surface area (Å²) in [7, 11) is 0. The molecule has 0 aliphatic rings. The van der Waals surface area contributed by atoms with E-state index in [1.165, 1.54) is 9.88 Å². The Hall–Kier alpha value is -0.940. The first-order valence-electron chi connectivity index (χ1n) is 5.90. The highest BCUT2D eigenvalue weighted by molar-refractivity contribution is 7.16. The zero-order chi connectivity index (χ0) is 12.3. The van der Waals surface area contributed by atoms with Crippen LogP contribution in [0.1, 0.15) is 31.0 Å². The van der Waals surface area contributed by atoms with Gasteiger partial charge in [-0.3, -0.25) is 0 Å².